The van der Waals surface area contributed by atoms with Gasteiger partial charge in [-0.25, -0.2) is 4.79 Å². The highest BCUT2D eigenvalue weighted by Gasteiger charge is 2.50. The van der Waals surface area contributed by atoms with Crippen LogP contribution in [-0.2, 0) is 12.6 Å². The highest BCUT2D eigenvalue weighted by Crippen LogP contribution is 2.38. The first kappa shape index (κ1) is 20.1. The summed E-state index contributed by atoms with van der Waals surface area (Å²) >= 11 is 1.53. The molecular formula is C20H18INO4. The second kappa shape index (κ2) is 9.46. The van der Waals surface area contributed by atoms with E-state index in [1.54, 1.807) is 55.5 Å². The fraction of sp³-hybridized carbons (Fsp3) is 0.250. The number of benzene rings is 2. The van der Waals surface area contributed by atoms with Crippen LogP contribution in [0.3, 0.4) is 0 Å². The van der Waals surface area contributed by atoms with Gasteiger partial charge in [0.05, 0.1) is 6.61 Å². The fourth-order valence-electron chi connectivity index (χ4n) is 2.72. The Morgan fingerprint density at radius 1 is 1.12 bits per heavy atom. The lowest BCUT2D eigenvalue weighted by molar-refractivity contribution is -0.156. The number of rotatable bonds is 8. The number of halogens is 1. The Hall–Kier alpha value is -2.24. The van der Waals surface area contributed by atoms with Crippen molar-refractivity contribution in [3.63, 3.8) is 0 Å². The van der Waals surface area contributed by atoms with Crippen molar-refractivity contribution in [2.24, 2.45) is 0 Å². The summed E-state index contributed by atoms with van der Waals surface area (Å²) in [5.74, 6) is -1.79. The van der Waals surface area contributed by atoms with Crippen LogP contribution in [0.4, 0.5) is 0 Å². The van der Waals surface area contributed by atoms with E-state index in [4.69, 9.17) is 7.80 Å². The van der Waals surface area contributed by atoms with Crippen molar-refractivity contribution >= 4 is 34.8 Å². The molecule has 0 bridgehead atoms. The van der Waals surface area contributed by atoms with Gasteiger partial charge in [-0.05, 0) is 12.5 Å². The lowest BCUT2D eigenvalue weighted by Gasteiger charge is -2.30. The molecule has 0 aromatic heterocycles. The molecule has 2 aromatic carbocycles. The highest BCUT2D eigenvalue weighted by molar-refractivity contribution is 14.1. The van der Waals surface area contributed by atoms with Gasteiger partial charge in [-0.3, -0.25) is 7.86 Å². The number of carbonyl (C=O) groups is 2. The zero-order valence-electron chi connectivity index (χ0n) is 14.2. The molecule has 5 nitrogen and oxygen atoms in total. The zero-order chi connectivity index (χ0) is 19.0. The van der Waals surface area contributed by atoms with Gasteiger partial charge in [0.15, 0.2) is 5.78 Å². The minimum Gasteiger partial charge on any atom is -0.463 e. The lowest BCUT2D eigenvalue weighted by atomic mass is 9.78. The van der Waals surface area contributed by atoms with E-state index in [0.29, 0.717) is 11.1 Å². The summed E-state index contributed by atoms with van der Waals surface area (Å²) in [5.41, 5.74) is -0.747. The number of nitrogens with zero attached hydrogens (tertiary/aromatic N) is 1. The van der Waals surface area contributed by atoms with Gasteiger partial charge in [0.25, 0.3) is 5.60 Å². The van der Waals surface area contributed by atoms with Crippen molar-refractivity contribution in [1.29, 1.82) is 5.26 Å². The Bertz CT molecular complexity index is 788. The summed E-state index contributed by atoms with van der Waals surface area (Å²) in [6.07, 6.45) is -0.0661. The molecule has 134 valence electrons. The van der Waals surface area contributed by atoms with Gasteiger partial charge in [0.2, 0.25) is 0 Å². The van der Waals surface area contributed by atoms with E-state index < -0.39 is 17.5 Å². The molecule has 0 aliphatic rings. The molecule has 0 aliphatic heterocycles. The average Bonchev–Trinajstić information content (AvgIpc) is 2.70. The monoisotopic (exact) mass is 463 g/mol. The number of esters is 1. The summed E-state index contributed by atoms with van der Waals surface area (Å²) in [7, 11) is 0. The molecule has 0 aliphatic carbocycles. The van der Waals surface area contributed by atoms with Gasteiger partial charge in [-0.15, -0.1) is 0 Å². The van der Waals surface area contributed by atoms with Gasteiger partial charge in [0, 0.05) is 17.9 Å². The van der Waals surface area contributed by atoms with Crippen LogP contribution in [0.15, 0.2) is 60.7 Å². The standard InChI is InChI=1S/C20H18INO4/c1-2-25-19(24)20(14-22,26-21)17(15-9-5-3-6-10-15)13-18(23)16-11-7-4-8-12-16/h3-12,17H,2,13H2,1H3. The predicted octanol–water partition coefficient (Wildman–Crippen LogP) is 4.24. The third-order valence-electron chi connectivity index (χ3n) is 4.04. The molecule has 0 spiro atoms. The molecule has 2 aromatic rings. The van der Waals surface area contributed by atoms with Gasteiger partial charge < -0.3 is 4.74 Å². The van der Waals surface area contributed by atoms with E-state index in [2.05, 4.69) is 0 Å². The minimum atomic E-state index is -1.91. The first-order valence-corrected chi connectivity index (χ1v) is 8.98. The lowest BCUT2D eigenvalue weighted by Crippen LogP contribution is -2.46. The van der Waals surface area contributed by atoms with Gasteiger partial charge >= 0.3 is 5.97 Å². The van der Waals surface area contributed by atoms with Gasteiger partial charge in [-0.1, -0.05) is 60.7 Å². The smallest absolute Gasteiger partial charge is 0.355 e. The van der Waals surface area contributed by atoms with E-state index >= 15 is 0 Å². The molecule has 26 heavy (non-hydrogen) atoms. The van der Waals surface area contributed by atoms with Crippen LogP contribution in [0.2, 0.25) is 0 Å². The van der Waals surface area contributed by atoms with Gasteiger partial charge in [0.1, 0.15) is 29.1 Å². The summed E-state index contributed by atoms with van der Waals surface area (Å²) in [5, 5.41) is 9.80. The molecule has 0 N–H and O–H groups in total. The summed E-state index contributed by atoms with van der Waals surface area (Å²) in [6.45, 7) is 1.76. The molecule has 0 fully saturated rings. The first-order valence-electron chi connectivity index (χ1n) is 8.10. The van der Waals surface area contributed by atoms with Crippen molar-refractivity contribution in [3.8, 4) is 6.07 Å². The van der Waals surface area contributed by atoms with Crippen molar-refractivity contribution in [3.05, 3.63) is 71.8 Å². The quantitative estimate of drug-likeness (QED) is 0.333. The maximum atomic E-state index is 12.8. The summed E-state index contributed by atoms with van der Waals surface area (Å²) in [6, 6.07) is 19.6. The predicted molar refractivity (Wildman–Crippen MR) is 105 cm³/mol. The van der Waals surface area contributed by atoms with Gasteiger partial charge in [-0.2, -0.15) is 5.26 Å². The molecule has 0 saturated heterocycles. The molecule has 0 heterocycles. The average molecular weight is 463 g/mol. The number of ether oxygens (including phenoxy) is 1. The maximum Gasteiger partial charge on any atom is 0.355 e. The summed E-state index contributed by atoms with van der Waals surface area (Å²) < 4.78 is 10.4. The minimum absolute atomic E-state index is 0.0661. The molecule has 2 unspecified atom stereocenters. The number of Topliss-reactive ketones (excluding diaryl/α,β-unsaturated/α-hetero) is 1. The third kappa shape index (κ3) is 4.29. The molecule has 2 rings (SSSR count). The molecule has 2 atom stereocenters. The van der Waals surface area contributed by atoms with E-state index in [1.807, 2.05) is 18.2 Å². The van der Waals surface area contributed by atoms with Crippen LogP contribution in [0.5, 0.6) is 0 Å². The van der Waals surface area contributed by atoms with Crippen LogP contribution in [-0.4, -0.2) is 24.0 Å². The molecular weight excluding hydrogens is 445 g/mol. The highest BCUT2D eigenvalue weighted by atomic mass is 127. The summed E-state index contributed by atoms with van der Waals surface area (Å²) in [4.78, 5) is 25.3. The Kier molecular flexibility index (Phi) is 7.30. The number of hydrogen-bond donors (Lipinski definition) is 0. The second-order valence-corrected chi connectivity index (χ2v) is 6.04. The Labute approximate surface area is 166 Å². The molecule has 6 heteroatoms. The maximum absolute atomic E-state index is 12.8. The van der Waals surface area contributed by atoms with Crippen molar-refractivity contribution in [2.45, 2.75) is 24.9 Å². The van der Waals surface area contributed by atoms with Crippen molar-refractivity contribution in [1.82, 2.24) is 0 Å². The second-order valence-electron chi connectivity index (χ2n) is 5.60. The molecule has 0 saturated carbocycles. The van der Waals surface area contributed by atoms with E-state index in [1.165, 1.54) is 23.0 Å². The number of carbonyl (C=O) groups excluding carboxylic acids is 2. The molecule has 0 amide bonds. The largest absolute Gasteiger partial charge is 0.463 e. The number of ketones is 1. The normalized spacial score (nSPS) is 13.9. The zero-order valence-corrected chi connectivity index (χ0v) is 16.4. The third-order valence-corrected chi connectivity index (χ3v) is 4.74. The van der Waals surface area contributed by atoms with Crippen molar-refractivity contribution in [2.75, 3.05) is 6.61 Å². The van der Waals surface area contributed by atoms with E-state index in [-0.39, 0.29) is 18.8 Å². The van der Waals surface area contributed by atoms with Crippen LogP contribution in [0.1, 0.15) is 35.2 Å². The molecule has 0 radical (unpaired) electrons. The Balaban J connectivity index is 2.48. The SMILES string of the molecule is CCOC(=O)C(C#N)(OI)C(CC(=O)c1ccccc1)c1ccccc1. The van der Waals surface area contributed by atoms with Crippen LogP contribution < -0.4 is 0 Å². The Morgan fingerprint density at radius 3 is 2.19 bits per heavy atom. The number of nitriles is 1. The van der Waals surface area contributed by atoms with Crippen LogP contribution >= 0.6 is 23.0 Å². The van der Waals surface area contributed by atoms with Crippen LogP contribution in [0.25, 0.3) is 0 Å². The van der Waals surface area contributed by atoms with E-state index in [0.717, 1.165) is 0 Å². The number of hydrogen-bond acceptors (Lipinski definition) is 5. The topological polar surface area (TPSA) is 76.4 Å². The van der Waals surface area contributed by atoms with E-state index in [9.17, 15) is 14.9 Å². The fourth-order valence-corrected chi connectivity index (χ4v) is 3.30. The van der Waals surface area contributed by atoms with Crippen molar-refractivity contribution < 1.29 is 17.4 Å². The Morgan fingerprint density at radius 2 is 1.69 bits per heavy atom. The first-order chi connectivity index (χ1) is 12.6. The van der Waals surface area contributed by atoms with Crippen LogP contribution in [0, 0.1) is 11.3 Å².